The number of hydrogen-bond acceptors (Lipinski definition) is 3. The van der Waals surface area contributed by atoms with Crippen molar-refractivity contribution in [3.63, 3.8) is 0 Å². The Bertz CT molecular complexity index is 477. The maximum Gasteiger partial charge on any atom is 0.0700 e. The Kier molecular flexibility index (Phi) is 10.8. The Morgan fingerprint density at radius 2 is 1.87 bits per heavy atom. The number of thioether (sulfide) groups is 1. The van der Waals surface area contributed by atoms with Gasteiger partial charge in [0.25, 0.3) is 0 Å². The molecule has 2 nitrogen and oxygen atoms in total. The molecular weight excluding hydrogens is 304 g/mol. The smallest absolute Gasteiger partial charge is 0.0700 e. The summed E-state index contributed by atoms with van der Waals surface area (Å²) in [5, 5.41) is 0. The number of hydrogen-bond donors (Lipinski definition) is 0. The fourth-order valence-electron chi connectivity index (χ4n) is 2.07. The average Bonchev–Trinajstić information content (AvgIpc) is 2.59. The second kappa shape index (κ2) is 12.4. The lowest BCUT2D eigenvalue weighted by Gasteiger charge is -2.10. The van der Waals surface area contributed by atoms with E-state index in [4.69, 9.17) is 9.47 Å². The SMILES string of the molecule is C=C(CC)/C(=C\c1ccc(CC)cc1)CSCCOCCOC. The van der Waals surface area contributed by atoms with Gasteiger partial charge in [-0.1, -0.05) is 56.3 Å². The van der Waals surface area contributed by atoms with E-state index in [1.54, 1.807) is 7.11 Å². The van der Waals surface area contributed by atoms with Crippen molar-refractivity contribution in [1.82, 2.24) is 0 Å². The second-order valence-electron chi connectivity index (χ2n) is 5.38. The zero-order valence-corrected chi connectivity index (χ0v) is 15.6. The fourth-order valence-corrected chi connectivity index (χ4v) is 2.96. The predicted molar refractivity (Wildman–Crippen MR) is 103 cm³/mol. The van der Waals surface area contributed by atoms with E-state index in [-0.39, 0.29) is 0 Å². The first-order valence-electron chi connectivity index (χ1n) is 8.33. The van der Waals surface area contributed by atoms with Crippen molar-refractivity contribution in [3.05, 3.63) is 53.1 Å². The lowest BCUT2D eigenvalue weighted by Crippen LogP contribution is -2.05. The molecule has 1 aromatic carbocycles. The third kappa shape index (κ3) is 8.40. The summed E-state index contributed by atoms with van der Waals surface area (Å²) in [6.45, 7) is 10.7. The molecule has 0 aliphatic carbocycles. The Labute approximate surface area is 146 Å². The summed E-state index contributed by atoms with van der Waals surface area (Å²) < 4.78 is 10.5. The normalized spacial score (nSPS) is 11.7. The van der Waals surface area contributed by atoms with Crippen molar-refractivity contribution >= 4 is 17.8 Å². The monoisotopic (exact) mass is 334 g/mol. The van der Waals surface area contributed by atoms with Gasteiger partial charge in [-0.25, -0.2) is 0 Å². The van der Waals surface area contributed by atoms with Crippen molar-refractivity contribution in [1.29, 1.82) is 0 Å². The molecule has 0 unspecified atom stereocenters. The van der Waals surface area contributed by atoms with Crippen molar-refractivity contribution in [2.24, 2.45) is 0 Å². The average molecular weight is 335 g/mol. The van der Waals surface area contributed by atoms with Gasteiger partial charge in [0, 0.05) is 18.6 Å². The topological polar surface area (TPSA) is 18.5 Å². The summed E-state index contributed by atoms with van der Waals surface area (Å²) in [7, 11) is 1.69. The van der Waals surface area contributed by atoms with E-state index in [0.29, 0.717) is 13.2 Å². The highest BCUT2D eigenvalue weighted by atomic mass is 32.2. The maximum atomic E-state index is 5.50. The van der Waals surface area contributed by atoms with Crippen LogP contribution in [0, 0.1) is 0 Å². The van der Waals surface area contributed by atoms with Crippen LogP contribution in [-0.4, -0.2) is 38.4 Å². The molecule has 0 aliphatic rings. The number of methoxy groups -OCH3 is 1. The van der Waals surface area contributed by atoms with E-state index in [0.717, 1.165) is 31.0 Å². The number of ether oxygens (including phenoxy) is 2. The van der Waals surface area contributed by atoms with E-state index in [1.807, 2.05) is 11.8 Å². The van der Waals surface area contributed by atoms with Crippen molar-refractivity contribution in [2.75, 3.05) is 38.4 Å². The molecule has 0 aliphatic heterocycles. The van der Waals surface area contributed by atoms with E-state index >= 15 is 0 Å². The molecule has 0 amide bonds. The molecule has 23 heavy (non-hydrogen) atoms. The summed E-state index contributed by atoms with van der Waals surface area (Å²) >= 11 is 1.90. The van der Waals surface area contributed by atoms with Crippen LogP contribution in [0.4, 0.5) is 0 Å². The van der Waals surface area contributed by atoms with Gasteiger partial charge in [0.1, 0.15) is 0 Å². The fraction of sp³-hybridized carbons (Fsp3) is 0.500. The molecule has 1 aromatic rings. The molecule has 0 heterocycles. The highest BCUT2D eigenvalue weighted by Gasteiger charge is 2.03. The third-order valence-corrected chi connectivity index (χ3v) is 4.64. The summed E-state index contributed by atoms with van der Waals surface area (Å²) in [4.78, 5) is 0. The van der Waals surface area contributed by atoms with Crippen LogP contribution in [0.5, 0.6) is 0 Å². The molecular formula is C20H30O2S. The van der Waals surface area contributed by atoms with Gasteiger partial charge in [-0.2, -0.15) is 11.8 Å². The van der Waals surface area contributed by atoms with Crippen LogP contribution in [0.3, 0.4) is 0 Å². The maximum absolute atomic E-state index is 5.50. The third-order valence-electron chi connectivity index (χ3n) is 3.67. The molecule has 0 atom stereocenters. The lowest BCUT2D eigenvalue weighted by molar-refractivity contribution is 0.0790. The molecule has 128 valence electrons. The van der Waals surface area contributed by atoms with Gasteiger partial charge >= 0.3 is 0 Å². The van der Waals surface area contributed by atoms with Crippen molar-refractivity contribution < 1.29 is 9.47 Å². The first kappa shape index (κ1) is 20.0. The minimum absolute atomic E-state index is 0.663. The zero-order valence-electron chi connectivity index (χ0n) is 14.8. The molecule has 0 bridgehead atoms. The van der Waals surface area contributed by atoms with Gasteiger partial charge in [-0.15, -0.1) is 0 Å². The second-order valence-corrected chi connectivity index (χ2v) is 6.48. The first-order chi connectivity index (χ1) is 11.2. The minimum atomic E-state index is 0.663. The summed E-state index contributed by atoms with van der Waals surface area (Å²) in [6.07, 6.45) is 4.34. The van der Waals surface area contributed by atoms with Gasteiger partial charge in [0.05, 0.1) is 19.8 Å². The van der Waals surface area contributed by atoms with Gasteiger partial charge in [-0.3, -0.25) is 0 Å². The Morgan fingerprint density at radius 3 is 2.48 bits per heavy atom. The Balaban J connectivity index is 2.51. The van der Waals surface area contributed by atoms with E-state index in [1.165, 1.54) is 22.3 Å². The summed E-state index contributed by atoms with van der Waals surface area (Å²) in [5.41, 5.74) is 5.18. The van der Waals surface area contributed by atoms with Crippen LogP contribution in [0.1, 0.15) is 31.4 Å². The summed E-state index contributed by atoms with van der Waals surface area (Å²) in [6, 6.07) is 8.80. The van der Waals surface area contributed by atoms with Gasteiger partial charge in [0.2, 0.25) is 0 Å². The van der Waals surface area contributed by atoms with Crippen LogP contribution in [0.2, 0.25) is 0 Å². The Morgan fingerprint density at radius 1 is 1.13 bits per heavy atom. The van der Waals surface area contributed by atoms with Crippen molar-refractivity contribution in [3.8, 4) is 0 Å². The number of allylic oxidation sites excluding steroid dienone is 1. The van der Waals surface area contributed by atoms with E-state index in [2.05, 4.69) is 50.8 Å². The molecule has 1 rings (SSSR count). The lowest BCUT2D eigenvalue weighted by atomic mass is 10.0. The van der Waals surface area contributed by atoms with Crippen LogP contribution in [0.15, 0.2) is 42.0 Å². The molecule has 0 radical (unpaired) electrons. The van der Waals surface area contributed by atoms with Gasteiger partial charge in [0.15, 0.2) is 0 Å². The molecule has 0 saturated heterocycles. The molecule has 0 spiro atoms. The number of rotatable bonds is 12. The quantitative estimate of drug-likeness (QED) is 0.396. The van der Waals surface area contributed by atoms with E-state index < -0.39 is 0 Å². The van der Waals surface area contributed by atoms with Gasteiger partial charge in [-0.05, 0) is 29.5 Å². The molecule has 3 heteroatoms. The summed E-state index contributed by atoms with van der Waals surface area (Å²) in [5.74, 6) is 1.97. The first-order valence-corrected chi connectivity index (χ1v) is 9.48. The Hall–Kier alpha value is -1.03. The molecule has 0 fully saturated rings. The minimum Gasteiger partial charge on any atom is -0.382 e. The highest BCUT2D eigenvalue weighted by Crippen LogP contribution is 2.21. The molecule has 0 saturated carbocycles. The number of benzene rings is 1. The highest BCUT2D eigenvalue weighted by molar-refractivity contribution is 7.99. The van der Waals surface area contributed by atoms with Crippen LogP contribution in [-0.2, 0) is 15.9 Å². The van der Waals surface area contributed by atoms with Crippen LogP contribution >= 0.6 is 11.8 Å². The largest absolute Gasteiger partial charge is 0.382 e. The van der Waals surface area contributed by atoms with Crippen molar-refractivity contribution in [2.45, 2.75) is 26.7 Å². The van der Waals surface area contributed by atoms with E-state index in [9.17, 15) is 0 Å². The zero-order chi connectivity index (χ0) is 16.9. The molecule has 0 N–H and O–H groups in total. The van der Waals surface area contributed by atoms with Crippen LogP contribution in [0.25, 0.3) is 6.08 Å². The predicted octanol–water partition coefficient (Wildman–Crippen LogP) is 4.99. The molecule has 0 aromatic heterocycles. The number of aryl methyl sites for hydroxylation is 1. The van der Waals surface area contributed by atoms with Crippen LogP contribution < -0.4 is 0 Å². The van der Waals surface area contributed by atoms with Gasteiger partial charge < -0.3 is 9.47 Å². The standard InChI is InChI=1S/C20H30O2S/c1-5-17(3)20(16-23-14-13-22-12-11-21-4)15-19-9-7-18(6-2)8-10-19/h7-10,15H,3,5-6,11-14,16H2,1-2,4H3/b20-15-.